The summed E-state index contributed by atoms with van der Waals surface area (Å²) in [7, 11) is -1.99. The van der Waals surface area contributed by atoms with Gasteiger partial charge < -0.3 is 10.5 Å². The van der Waals surface area contributed by atoms with Gasteiger partial charge in [-0.15, -0.1) is 0 Å². The van der Waals surface area contributed by atoms with Crippen molar-refractivity contribution in [1.29, 1.82) is 0 Å². The highest BCUT2D eigenvalue weighted by Crippen LogP contribution is 2.27. The second-order valence-corrected chi connectivity index (χ2v) is 7.42. The molecule has 1 fully saturated rings. The van der Waals surface area contributed by atoms with Gasteiger partial charge in [-0.25, -0.2) is 13.1 Å². The lowest BCUT2D eigenvalue weighted by molar-refractivity contribution is 0.361. The van der Waals surface area contributed by atoms with Crippen molar-refractivity contribution in [3.05, 3.63) is 23.3 Å². The SMILES string of the molecule is COc1cc(C)c(S(=O)(=O)NC2CCCCC2N)c(C)c1. The topological polar surface area (TPSA) is 81.4 Å². The van der Waals surface area contributed by atoms with Gasteiger partial charge in [0.1, 0.15) is 5.75 Å². The number of hydrogen-bond acceptors (Lipinski definition) is 4. The Morgan fingerprint density at radius 1 is 1.19 bits per heavy atom. The number of benzene rings is 1. The monoisotopic (exact) mass is 312 g/mol. The zero-order valence-electron chi connectivity index (χ0n) is 12.8. The Labute approximate surface area is 126 Å². The third-order valence-electron chi connectivity index (χ3n) is 4.06. The minimum absolute atomic E-state index is 0.104. The molecule has 2 atom stereocenters. The molecule has 118 valence electrons. The van der Waals surface area contributed by atoms with E-state index in [-0.39, 0.29) is 12.1 Å². The van der Waals surface area contributed by atoms with Gasteiger partial charge in [0.25, 0.3) is 0 Å². The molecule has 0 saturated heterocycles. The minimum Gasteiger partial charge on any atom is -0.497 e. The fourth-order valence-electron chi connectivity index (χ4n) is 3.02. The fourth-order valence-corrected chi connectivity index (χ4v) is 4.79. The Kier molecular flexibility index (Phi) is 4.91. The Bertz CT molecular complexity index is 590. The van der Waals surface area contributed by atoms with E-state index in [0.29, 0.717) is 21.8 Å². The first-order chi connectivity index (χ1) is 9.85. The Balaban J connectivity index is 2.31. The van der Waals surface area contributed by atoms with Crippen molar-refractivity contribution in [2.75, 3.05) is 7.11 Å². The van der Waals surface area contributed by atoms with Gasteiger partial charge in [0, 0.05) is 12.1 Å². The first-order valence-corrected chi connectivity index (χ1v) is 8.76. The highest BCUT2D eigenvalue weighted by atomic mass is 32.2. The maximum atomic E-state index is 12.7. The first kappa shape index (κ1) is 16.3. The van der Waals surface area contributed by atoms with Gasteiger partial charge >= 0.3 is 0 Å². The van der Waals surface area contributed by atoms with E-state index < -0.39 is 10.0 Å². The maximum Gasteiger partial charge on any atom is 0.241 e. The zero-order valence-corrected chi connectivity index (χ0v) is 13.7. The van der Waals surface area contributed by atoms with Crippen molar-refractivity contribution in [3.8, 4) is 5.75 Å². The Morgan fingerprint density at radius 3 is 2.29 bits per heavy atom. The molecule has 0 spiro atoms. The first-order valence-electron chi connectivity index (χ1n) is 7.28. The van der Waals surface area contributed by atoms with E-state index in [9.17, 15) is 8.42 Å². The van der Waals surface area contributed by atoms with Gasteiger partial charge in [-0.2, -0.15) is 0 Å². The van der Waals surface area contributed by atoms with E-state index in [0.717, 1.165) is 25.7 Å². The summed E-state index contributed by atoms with van der Waals surface area (Å²) in [5, 5.41) is 0. The third kappa shape index (κ3) is 3.56. The van der Waals surface area contributed by atoms with Crippen LogP contribution in [0.15, 0.2) is 17.0 Å². The summed E-state index contributed by atoms with van der Waals surface area (Å²) < 4.78 is 33.3. The standard InChI is InChI=1S/C15H24N2O3S/c1-10-8-12(20-3)9-11(2)15(10)21(18,19)17-14-7-5-4-6-13(14)16/h8-9,13-14,17H,4-7,16H2,1-3H3. The van der Waals surface area contributed by atoms with Gasteiger partial charge in [0.2, 0.25) is 10.0 Å². The molecule has 1 saturated carbocycles. The van der Waals surface area contributed by atoms with Crippen LogP contribution in [0.4, 0.5) is 0 Å². The largest absolute Gasteiger partial charge is 0.497 e. The number of nitrogens with two attached hydrogens (primary N) is 1. The average Bonchev–Trinajstić information content (AvgIpc) is 2.40. The van der Waals surface area contributed by atoms with Crippen LogP contribution in [0, 0.1) is 13.8 Å². The molecule has 3 N–H and O–H groups in total. The Hall–Kier alpha value is -1.11. The molecule has 1 aliphatic carbocycles. The van der Waals surface area contributed by atoms with Crippen molar-refractivity contribution in [3.63, 3.8) is 0 Å². The molecule has 2 unspecified atom stereocenters. The number of hydrogen-bond donors (Lipinski definition) is 2. The lowest BCUT2D eigenvalue weighted by atomic mass is 9.92. The van der Waals surface area contributed by atoms with Gasteiger partial charge in [-0.1, -0.05) is 12.8 Å². The van der Waals surface area contributed by atoms with Crippen LogP contribution in [0.1, 0.15) is 36.8 Å². The molecule has 0 heterocycles. The molecular weight excluding hydrogens is 288 g/mol. The van der Waals surface area contributed by atoms with Gasteiger partial charge in [0.15, 0.2) is 0 Å². The molecule has 1 aromatic rings. The molecule has 0 aliphatic heterocycles. The molecule has 6 heteroatoms. The van der Waals surface area contributed by atoms with E-state index in [1.54, 1.807) is 33.1 Å². The predicted octanol–water partition coefficient (Wildman–Crippen LogP) is 1.86. The number of rotatable bonds is 4. The van der Waals surface area contributed by atoms with E-state index >= 15 is 0 Å². The molecule has 2 rings (SSSR count). The number of ether oxygens (including phenoxy) is 1. The molecule has 0 amide bonds. The second kappa shape index (κ2) is 6.34. The van der Waals surface area contributed by atoms with Crippen LogP contribution in [0.5, 0.6) is 5.75 Å². The van der Waals surface area contributed by atoms with Crippen molar-refractivity contribution < 1.29 is 13.2 Å². The van der Waals surface area contributed by atoms with E-state index in [4.69, 9.17) is 10.5 Å². The van der Waals surface area contributed by atoms with Crippen LogP contribution in [0.25, 0.3) is 0 Å². The molecule has 0 bridgehead atoms. The van der Waals surface area contributed by atoms with Gasteiger partial charge in [-0.05, 0) is 49.9 Å². The predicted molar refractivity (Wildman–Crippen MR) is 83.0 cm³/mol. The molecule has 1 aromatic carbocycles. The zero-order chi connectivity index (χ0) is 15.6. The van der Waals surface area contributed by atoms with Crippen LogP contribution in [0.2, 0.25) is 0 Å². The Morgan fingerprint density at radius 2 is 1.76 bits per heavy atom. The molecule has 0 aromatic heterocycles. The summed E-state index contributed by atoms with van der Waals surface area (Å²) in [5.74, 6) is 0.665. The molecule has 21 heavy (non-hydrogen) atoms. The lowest BCUT2D eigenvalue weighted by Gasteiger charge is -2.29. The van der Waals surface area contributed by atoms with Gasteiger partial charge in [0.05, 0.1) is 12.0 Å². The number of sulfonamides is 1. The number of aryl methyl sites for hydroxylation is 2. The van der Waals surface area contributed by atoms with E-state index in [1.165, 1.54) is 0 Å². The highest BCUT2D eigenvalue weighted by molar-refractivity contribution is 7.89. The van der Waals surface area contributed by atoms with Crippen molar-refractivity contribution >= 4 is 10.0 Å². The molecular formula is C15H24N2O3S. The third-order valence-corrected chi connectivity index (χ3v) is 5.86. The van der Waals surface area contributed by atoms with Crippen molar-refractivity contribution in [1.82, 2.24) is 4.72 Å². The summed E-state index contributed by atoms with van der Waals surface area (Å²) in [6.07, 6.45) is 3.75. The highest BCUT2D eigenvalue weighted by Gasteiger charge is 2.29. The van der Waals surface area contributed by atoms with Crippen molar-refractivity contribution in [2.24, 2.45) is 5.73 Å². The number of nitrogens with one attached hydrogen (secondary N) is 1. The van der Waals surface area contributed by atoms with Crippen LogP contribution in [-0.4, -0.2) is 27.6 Å². The summed E-state index contributed by atoms with van der Waals surface area (Å²) >= 11 is 0. The summed E-state index contributed by atoms with van der Waals surface area (Å²) in [5.41, 5.74) is 7.41. The molecule has 0 radical (unpaired) electrons. The summed E-state index contributed by atoms with van der Waals surface area (Å²) in [4.78, 5) is 0.334. The van der Waals surface area contributed by atoms with Crippen molar-refractivity contribution in [2.45, 2.75) is 56.5 Å². The van der Waals surface area contributed by atoms with Crippen LogP contribution >= 0.6 is 0 Å². The van der Waals surface area contributed by atoms with Crippen LogP contribution in [0.3, 0.4) is 0 Å². The van der Waals surface area contributed by atoms with Crippen LogP contribution in [-0.2, 0) is 10.0 Å². The van der Waals surface area contributed by atoms with Crippen LogP contribution < -0.4 is 15.2 Å². The molecule has 5 nitrogen and oxygen atoms in total. The maximum absolute atomic E-state index is 12.7. The van der Waals surface area contributed by atoms with Gasteiger partial charge in [-0.3, -0.25) is 0 Å². The normalized spacial score (nSPS) is 23.0. The lowest BCUT2D eigenvalue weighted by Crippen LogP contribution is -2.49. The van der Waals surface area contributed by atoms with E-state index in [2.05, 4.69) is 4.72 Å². The summed E-state index contributed by atoms with van der Waals surface area (Å²) in [6, 6.07) is 3.20. The average molecular weight is 312 g/mol. The minimum atomic E-state index is -3.56. The smallest absolute Gasteiger partial charge is 0.241 e. The summed E-state index contributed by atoms with van der Waals surface area (Å²) in [6.45, 7) is 3.57. The second-order valence-electron chi connectivity index (χ2n) is 5.77. The quantitative estimate of drug-likeness (QED) is 0.889. The molecule has 1 aliphatic rings. The number of methoxy groups -OCH3 is 1. The van der Waals surface area contributed by atoms with E-state index in [1.807, 2.05) is 0 Å². The fraction of sp³-hybridized carbons (Fsp3) is 0.600.